The van der Waals surface area contributed by atoms with E-state index in [4.69, 9.17) is 4.42 Å². The first-order chi connectivity index (χ1) is 12.2. The molecule has 0 radical (unpaired) electrons. The van der Waals surface area contributed by atoms with E-state index in [-0.39, 0.29) is 17.6 Å². The smallest absolute Gasteiger partial charge is 0.287 e. The third-order valence-electron chi connectivity index (χ3n) is 4.34. The zero-order valence-electron chi connectivity index (χ0n) is 14.2. The highest BCUT2D eigenvalue weighted by Gasteiger charge is 2.23. The maximum absolute atomic E-state index is 12.7. The van der Waals surface area contributed by atoms with Crippen LogP contribution in [0.5, 0.6) is 0 Å². The van der Waals surface area contributed by atoms with Crippen LogP contribution in [-0.2, 0) is 17.6 Å². The van der Waals surface area contributed by atoms with Gasteiger partial charge in [-0.25, -0.2) is 0 Å². The summed E-state index contributed by atoms with van der Waals surface area (Å²) in [6.45, 7) is 0. The van der Waals surface area contributed by atoms with Gasteiger partial charge < -0.3 is 15.1 Å². The molecule has 6 heteroatoms. The molecule has 0 spiro atoms. The predicted molar refractivity (Wildman–Crippen MR) is 100 cm³/mol. The summed E-state index contributed by atoms with van der Waals surface area (Å²) in [7, 11) is 0. The van der Waals surface area contributed by atoms with Gasteiger partial charge in [0.2, 0.25) is 5.91 Å². The number of fused-ring (bicyclic) bond motifs is 1. The van der Waals surface area contributed by atoms with Crippen molar-refractivity contribution < 1.29 is 14.0 Å². The van der Waals surface area contributed by atoms with E-state index in [1.165, 1.54) is 23.8 Å². The number of rotatable bonds is 7. The molecule has 1 unspecified atom stereocenters. The zero-order chi connectivity index (χ0) is 17.6. The Labute approximate surface area is 151 Å². The van der Waals surface area contributed by atoms with Gasteiger partial charge in [0, 0.05) is 5.69 Å². The number of nitrogens with one attached hydrogen (secondary N) is 2. The van der Waals surface area contributed by atoms with Crippen molar-refractivity contribution in [3.05, 3.63) is 53.5 Å². The zero-order valence-corrected chi connectivity index (χ0v) is 15.0. The number of hydrogen-bond acceptors (Lipinski definition) is 4. The second-order valence-corrected chi connectivity index (χ2v) is 7.10. The van der Waals surface area contributed by atoms with Crippen LogP contribution < -0.4 is 10.6 Å². The highest BCUT2D eigenvalue weighted by molar-refractivity contribution is 7.98. The lowest BCUT2D eigenvalue weighted by Crippen LogP contribution is -2.44. The van der Waals surface area contributed by atoms with E-state index in [9.17, 15) is 9.59 Å². The Morgan fingerprint density at radius 1 is 1.24 bits per heavy atom. The SMILES string of the molecule is CSCCC(NC(=O)c1ccco1)C(=O)Nc1ccc2c(c1)CCC2. The minimum Gasteiger partial charge on any atom is -0.459 e. The molecule has 0 fully saturated rings. The lowest BCUT2D eigenvalue weighted by Gasteiger charge is -2.18. The summed E-state index contributed by atoms with van der Waals surface area (Å²) in [4.78, 5) is 24.9. The molecule has 2 aromatic rings. The average molecular weight is 358 g/mol. The fraction of sp³-hybridized carbons (Fsp3) is 0.368. The third kappa shape index (κ3) is 4.45. The van der Waals surface area contributed by atoms with Crippen molar-refractivity contribution >= 4 is 29.3 Å². The molecule has 1 aromatic heterocycles. The Morgan fingerprint density at radius 3 is 2.84 bits per heavy atom. The standard InChI is InChI=1S/C19H22N2O3S/c1-25-11-9-16(21-19(23)17-6-3-10-24-17)18(22)20-15-8-7-13-4-2-5-14(13)12-15/h3,6-8,10,12,16H,2,4-5,9,11H2,1H3,(H,20,22)(H,21,23). The molecule has 1 heterocycles. The first-order valence-corrected chi connectivity index (χ1v) is 9.82. The molecule has 2 amide bonds. The monoisotopic (exact) mass is 358 g/mol. The molecule has 2 N–H and O–H groups in total. The van der Waals surface area contributed by atoms with E-state index in [0.717, 1.165) is 24.3 Å². The van der Waals surface area contributed by atoms with Crippen LogP contribution in [0.2, 0.25) is 0 Å². The Balaban J connectivity index is 1.67. The second kappa shape index (κ2) is 8.25. The quantitative estimate of drug-likeness (QED) is 0.797. The lowest BCUT2D eigenvalue weighted by atomic mass is 10.1. The number of hydrogen-bond donors (Lipinski definition) is 2. The van der Waals surface area contributed by atoms with Crippen molar-refractivity contribution in [2.75, 3.05) is 17.3 Å². The molecule has 25 heavy (non-hydrogen) atoms. The fourth-order valence-corrected chi connectivity index (χ4v) is 3.49. The lowest BCUT2D eigenvalue weighted by molar-refractivity contribution is -0.118. The van der Waals surface area contributed by atoms with E-state index in [1.54, 1.807) is 23.9 Å². The van der Waals surface area contributed by atoms with Crippen LogP contribution >= 0.6 is 11.8 Å². The van der Waals surface area contributed by atoms with Gasteiger partial charge in [-0.3, -0.25) is 9.59 Å². The van der Waals surface area contributed by atoms with Crippen LogP contribution in [0.1, 0.15) is 34.5 Å². The van der Waals surface area contributed by atoms with E-state index >= 15 is 0 Å². The number of anilines is 1. The van der Waals surface area contributed by atoms with Gasteiger partial charge in [-0.1, -0.05) is 6.07 Å². The molecule has 0 bridgehead atoms. The number of carbonyl (C=O) groups excluding carboxylic acids is 2. The third-order valence-corrected chi connectivity index (χ3v) is 4.99. The molecular weight excluding hydrogens is 336 g/mol. The van der Waals surface area contributed by atoms with Gasteiger partial charge in [-0.05, 0) is 73.1 Å². The van der Waals surface area contributed by atoms with E-state index in [1.807, 2.05) is 18.4 Å². The number of benzene rings is 1. The Hall–Kier alpha value is -2.21. The molecule has 0 saturated carbocycles. The van der Waals surface area contributed by atoms with Crippen LogP contribution in [0.25, 0.3) is 0 Å². The van der Waals surface area contributed by atoms with Crippen LogP contribution in [0.15, 0.2) is 41.0 Å². The molecule has 1 aliphatic rings. The van der Waals surface area contributed by atoms with Gasteiger partial charge in [-0.2, -0.15) is 11.8 Å². The first kappa shape index (κ1) is 17.6. The number of carbonyl (C=O) groups is 2. The van der Waals surface area contributed by atoms with Crippen molar-refractivity contribution in [1.29, 1.82) is 0 Å². The van der Waals surface area contributed by atoms with Crippen LogP contribution in [-0.4, -0.2) is 29.9 Å². The predicted octanol–water partition coefficient (Wildman–Crippen LogP) is 3.26. The highest BCUT2D eigenvalue weighted by atomic mass is 32.2. The summed E-state index contributed by atoms with van der Waals surface area (Å²) in [5.41, 5.74) is 3.45. The number of amides is 2. The highest BCUT2D eigenvalue weighted by Crippen LogP contribution is 2.25. The van der Waals surface area contributed by atoms with Gasteiger partial charge in [0.1, 0.15) is 6.04 Å². The molecule has 132 valence electrons. The molecule has 5 nitrogen and oxygen atoms in total. The largest absolute Gasteiger partial charge is 0.459 e. The maximum atomic E-state index is 12.7. The van der Waals surface area contributed by atoms with Gasteiger partial charge in [0.15, 0.2) is 5.76 Å². The molecule has 1 aliphatic carbocycles. The summed E-state index contributed by atoms with van der Waals surface area (Å²) >= 11 is 1.64. The van der Waals surface area contributed by atoms with Crippen molar-refractivity contribution in [1.82, 2.24) is 5.32 Å². The fourth-order valence-electron chi connectivity index (χ4n) is 3.02. The van der Waals surface area contributed by atoms with Crippen LogP contribution in [0.4, 0.5) is 5.69 Å². The van der Waals surface area contributed by atoms with E-state index in [2.05, 4.69) is 16.7 Å². The van der Waals surface area contributed by atoms with Gasteiger partial charge in [-0.15, -0.1) is 0 Å². The van der Waals surface area contributed by atoms with Crippen LogP contribution in [0.3, 0.4) is 0 Å². The summed E-state index contributed by atoms with van der Waals surface area (Å²) in [5.74, 6) is 0.410. The van der Waals surface area contributed by atoms with Crippen molar-refractivity contribution in [2.24, 2.45) is 0 Å². The number of aryl methyl sites for hydroxylation is 2. The van der Waals surface area contributed by atoms with E-state index < -0.39 is 6.04 Å². The summed E-state index contributed by atoms with van der Waals surface area (Å²) in [6.07, 6.45) is 7.32. The molecule has 0 saturated heterocycles. The Bertz CT molecular complexity index is 743. The molecular formula is C19H22N2O3S. The molecule has 0 aliphatic heterocycles. The van der Waals surface area contributed by atoms with Gasteiger partial charge in [0.05, 0.1) is 6.26 Å². The normalized spacial score (nSPS) is 14.0. The summed E-state index contributed by atoms with van der Waals surface area (Å²) in [5, 5.41) is 5.71. The van der Waals surface area contributed by atoms with E-state index in [0.29, 0.717) is 6.42 Å². The molecule has 3 rings (SSSR count). The topological polar surface area (TPSA) is 71.3 Å². The number of thioether (sulfide) groups is 1. The Morgan fingerprint density at radius 2 is 2.08 bits per heavy atom. The molecule has 1 aromatic carbocycles. The van der Waals surface area contributed by atoms with Crippen molar-refractivity contribution in [3.63, 3.8) is 0 Å². The Kier molecular flexibility index (Phi) is 5.81. The van der Waals surface area contributed by atoms with Crippen molar-refractivity contribution in [3.8, 4) is 0 Å². The first-order valence-electron chi connectivity index (χ1n) is 8.43. The van der Waals surface area contributed by atoms with Gasteiger partial charge >= 0.3 is 0 Å². The molecule has 1 atom stereocenters. The average Bonchev–Trinajstić information content (AvgIpc) is 3.29. The minimum absolute atomic E-state index is 0.202. The number of furan rings is 1. The summed E-state index contributed by atoms with van der Waals surface area (Å²) < 4.78 is 5.10. The van der Waals surface area contributed by atoms with Crippen molar-refractivity contribution in [2.45, 2.75) is 31.7 Å². The maximum Gasteiger partial charge on any atom is 0.287 e. The minimum atomic E-state index is -0.599. The summed E-state index contributed by atoms with van der Waals surface area (Å²) in [6, 6.07) is 8.69. The second-order valence-electron chi connectivity index (χ2n) is 6.11. The van der Waals surface area contributed by atoms with Crippen LogP contribution in [0, 0.1) is 0 Å². The van der Waals surface area contributed by atoms with Gasteiger partial charge in [0.25, 0.3) is 5.91 Å².